The maximum absolute atomic E-state index is 12.6. The van der Waals surface area contributed by atoms with Gasteiger partial charge in [-0.1, -0.05) is 35.9 Å². The number of amides is 1. The Morgan fingerprint density at radius 3 is 2.64 bits per heavy atom. The van der Waals surface area contributed by atoms with Crippen molar-refractivity contribution >= 4 is 34.2 Å². The molecule has 2 N–H and O–H groups in total. The van der Waals surface area contributed by atoms with Gasteiger partial charge >= 0.3 is 5.97 Å². The molecule has 1 aliphatic rings. The third-order valence-corrected chi connectivity index (χ3v) is 4.13. The molecule has 1 amide bonds. The van der Waals surface area contributed by atoms with Crippen molar-refractivity contribution in [3.05, 3.63) is 35.1 Å². The van der Waals surface area contributed by atoms with Crippen LogP contribution in [0.15, 0.2) is 24.3 Å². The summed E-state index contributed by atoms with van der Waals surface area (Å²) in [4.78, 5) is 29.0. The molecule has 0 bridgehead atoms. The number of pyridine rings is 1. The minimum Gasteiger partial charge on any atom is -0.505 e. The summed E-state index contributed by atoms with van der Waals surface area (Å²) in [5, 5.41) is 20.5. The van der Waals surface area contributed by atoms with E-state index in [9.17, 15) is 19.8 Å². The van der Waals surface area contributed by atoms with Gasteiger partial charge in [0.1, 0.15) is 11.2 Å². The summed E-state index contributed by atoms with van der Waals surface area (Å²) in [5.41, 5.74) is -0.211. The second kappa shape index (κ2) is 5.46. The molecule has 1 atom stereocenters. The van der Waals surface area contributed by atoms with Crippen LogP contribution in [0.1, 0.15) is 23.3 Å². The largest absolute Gasteiger partial charge is 0.505 e. The highest BCUT2D eigenvalue weighted by Crippen LogP contribution is 2.33. The number of aromatic nitrogens is 1. The predicted octanol–water partition coefficient (Wildman–Crippen LogP) is 2.28. The summed E-state index contributed by atoms with van der Waals surface area (Å²) in [5.74, 6) is -1.95. The fourth-order valence-corrected chi connectivity index (χ4v) is 3.01. The zero-order valence-electron chi connectivity index (χ0n) is 11.5. The Kier molecular flexibility index (Phi) is 3.62. The highest BCUT2D eigenvalue weighted by atomic mass is 35.5. The van der Waals surface area contributed by atoms with E-state index in [0.717, 1.165) is 0 Å². The minimum atomic E-state index is -1.06. The normalized spacial score (nSPS) is 17.9. The van der Waals surface area contributed by atoms with Crippen molar-refractivity contribution in [1.82, 2.24) is 9.88 Å². The van der Waals surface area contributed by atoms with Crippen LogP contribution in [0.25, 0.3) is 10.8 Å². The number of fused-ring (bicyclic) bond motifs is 1. The monoisotopic (exact) mass is 320 g/mol. The lowest BCUT2D eigenvalue weighted by Gasteiger charge is -2.21. The number of carboxylic acid groups (broad SMARTS) is 1. The maximum Gasteiger partial charge on any atom is 0.326 e. The Labute approximate surface area is 130 Å². The van der Waals surface area contributed by atoms with Gasteiger partial charge in [0.15, 0.2) is 11.4 Å². The number of nitrogens with zero attached hydrogens (tertiary/aromatic N) is 2. The van der Waals surface area contributed by atoms with Gasteiger partial charge in [-0.2, -0.15) is 0 Å². The molecule has 6 nitrogen and oxygen atoms in total. The molecule has 3 rings (SSSR count). The van der Waals surface area contributed by atoms with Crippen LogP contribution in [0.3, 0.4) is 0 Å². The van der Waals surface area contributed by atoms with Gasteiger partial charge in [-0.25, -0.2) is 9.78 Å². The number of benzene rings is 1. The molecule has 0 unspecified atom stereocenters. The molecule has 1 aliphatic heterocycles. The van der Waals surface area contributed by atoms with E-state index in [1.54, 1.807) is 24.3 Å². The van der Waals surface area contributed by atoms with Crippen molar-refractivity contribution in [3.63, 3.8) is 0 Å². The van der Waals surface area contributed by atoms with Crippen LogP contribution >= 0.6 is 11.6 Å². The number of carbonyl (C=O) groups excluding carboxylic acids is 1. The van der Waals surface area contributed by atoms with E-state index in [-0.39, 0.29) is 16.6 Å². The summed E-state index contributed by atoms with van der Waals surface area (Å²) in [6.07, 6.45) is 0.994. The molecule has 114 valence electrons. The smallest absolute Gasteiger partial charge is 0.326 e. The third-order valence-electron chi connectivity index (χ3n) is 3.84. The van der Waals surface area contributed by atoms with Crippen molar-refractivity contribution in [1.29, 1.82) is 0 Å². The van der Waals surface area contributed by atoms with Gasteiger partial charge in [0.2, 0.25) is 0 Å². The van der Waals surface area contributed by atoms with Crippen LogP contribution in [-0.2, 0) is 4.79 Å². The van der Waals surface area contributed by atoms with Gasteiger partial charge in [0, 0.05) is 17.3 Å². The molecule has 22 heavy (non-hydrogen) atoms. The van der Waals surface area contributed by atoms with Crippen LogP contribution in [-0.4, -0.2) is 44.6 Å². The third kappa shape index (κ3) is 2.25. The molecule has 0 aliphatic carbocycles. The van der Waals surface area contributed by atoms with E-state index < -0.39 is 17.9 Å². The Bertz CT molecular complexity index is 777. The molecule has 1 saturated heterocycles. The number of hydrogen-bond donors (Lipinski definition) is 2. The molecule has 0 saturated carbocycles. The van der Waals surface area contributed by atoms with E-state index in [0.29, 0.717) is 30.2 Å². The molecule has 7 heteroatoms. The second-order valence-electron chi connectivity index (χ2n) is 5.14. The lowest BCUT2D eigenvalue weighted by atomic mass is 10.1. The first-order chi connectivity index (χ1) is 10.5. The molecule has 0 spiro atoms. The second-order valence-corrected chi connectivity index (χ2v) is 5.50. The Balaban J connectivity index is 2.08. The Hall–Kier alpha value is -2.34. The van der Waals surface area contributed by atoms with Crippen LogP contribution < -0.4 is 0 Å². The lowest BCUT2D eigenvalue weighted by molar-refractivity contribution is -0.141. The summed E-state index contributed by atoms with van der Waals surface area (Å²) in [6.45, 7) is 0.321. The van der Waals surface area contributed by atoms with Gasteiger partial charge in [-0.05, 0) is 12.8 Å². The zero-order valence-corrected chi connectivity index (χ0v) is 12.2. The zero-order chi connectivity index (χ0) is 15.9. The van der Waals surface area contributed by atoms with Crippen molar-refractivity contribution in [2.24, 2.45) is 0 Å². The SMILES string of the molecule is O=C(O)[C@H]1CCCN1C(=O)c1nc(Cl)c2ccccc2c1O. The van der Waals surface area contributed by atoms with Crippen molar-refractivity contribution in [3.8, 4) is 5.75 Å². The number of carbonyl (C=O) groups is 2. The fraction of sp³-hybridized carbons (Fsp3) is 0.267. The average molecular weight is 321 g/mol. The molecule has 1 aromatic carbocycles. The summed E-state index contributed by atoms with van der Waals surface area (Å²) < 4.78 is 0. The van der Waals surface area contributed by atoms with E-state index in [4.69, 9.17) is 11.6 Å². The molecule has 2 aromatic rings. The Morgan fingerprint density at radius 2 is 1.95 bits per heavy atom. The topological polar surface area (TPSA) is 90.7 Å². The van der Waals surface area contributed by atoms with E-state index >= 15 is 0 Å². The summed E-state index contributed by atoms with van der Waals surface area (Å²) in [6, 6.07) is 5.89. The van der Waals surface area contributed by atoms with Crippen molar-refractivity contribution < 1.29 is 19.8 Å². The molecule has 2 heterocycles. The van der Waals surface area contributed by atoms with Crippen LogP contribution in [0.5, 0.6) is 5.75 Å². The average Bonchev–Trinajstić information content (AvgIpc) is 3.00. The highest BCUT2D eigenvalue weighted by Gasteiger charge is 2.36. The van der Waals surface area contributed by atoms with Gasteiger partial charge in [0.25, 0.3) is 5.91 Å². The number of carboxylic acids is 1. The standard InChI is InChI=1S/C15H13ClN2O4/c16-13-9-5-2-1-4-8(9)12(19)11(17-13)14(20)18-7-3-6-10(18)15(21)22/h1-2,4-5,10,19H,3,6-7H2,(H,21,22)/t10-/m1/s1. The van der Waals surface area contributed by atoms with Crippen LogP contribution in [0.2, 0.25) is 5.15 Å². The molecule has 1 aromatic heterocycles. The number of aromatic hydroxyl groups is 1. The first-order valence-corrected chi connectivity index (χ1v) is 7.19. The first-order valence-electron chi connectivity index (χ1n) is 6.81. The maximum atomic E-state index is 12.6. The highest BCUT2D eigenvalue weighted by molar-refractivity contribution is 6.34. The summed E-state index contributed by atoms with van der Waals surface area (Å²) in [7, 11) is 0. The van der Waals surface area contributed by atoms with E-state index in [1.807, 2.05) is 0 Å². The molecule has 1 fully saturated rings. The van der Waals surface area contributed by atoms with Gasteiger partial charge in [-0.15, -0.1) is 0 Å². The van der Waals surface area contributed by atoms with Gasteiger partial charge in [-0.3, -0.25) is 4.79 Å². The number of halogens is 1. The number of rotatable bonds is 2. The summed E-state index contributed by atoms with van der Waals surface area (Å²) >= 11 is 6.07. The van der Waals surface area contributed by atoms with Crippen LogP contribution in [0.4, 0.5) is 0 Å². The molecular weight excluding hydrogens is 308 g/mol. The quantitative estimate of drug-likeness (QED) is 0.828. The fourth-order valence-electron chi connectivity index (χ4n) is 2.76. The predicted molar refractivity (Wildman–Crippen MR) is 80.1 cm³/mol. The van der Waals surface area contributed by atoms with Crippen molar-refractivity contribution in [2.45, 2.75) is 18.9 Å². The molecule has 0 radical (unpaired) electrons. The van der Waals surface area contributed by atoms with Gasteiger partial charge < -0.3 is 15.1 Å². The molecular formula is C15H13ClN2O4. The van der Waals surface area contributed by atoms with E-state index in [1.165, 1.54) is 4.90 Å². The van der Waals surface area contributed by atoms with E-state index in [2.05, 4.69) is 4.98 Å². The van der Waals surface area contributed by atoms with Crippen LogP contribution in [0, 0.1) is 0 Å². The number of likely N-dealkylation sites (tertiary alicyclic amines) is 1. The minimum absolute atomic E-state index is 0.0998. The van der Waals surface area contributed by atoms with Gasteiger partial charge in [0.05, 0.1) is 0 Å². The number of aliphatic carboxylic acids is 1. The number of hydrogen-bond acceptors (Lipinski definition) is 4. The van der Waals surface area contributed by atoms with Crippen molar-refractivity contribution in [2.75, 3.05) is 6.54 Å². The lowest BCUT2D eigenvalue weighted by Crippen LogP contribution is -2.40. The Morgan fingerprint density at radius 1 is 1.27 bits per heavy atom. The first kappa shape index (κ1) is 14.6.